The molecule has 0 atom stereocenters. The summed E-state index contributed by atoms with van der Waals surface area (Å²) in [5, 5.41) is 11.2. The van der Waals surface area contributed by atoms with Gasteiger partial charge >= 0.3 is 0 Å². The van der Waals surface area contributed by atoms with Crippen molar-refractivity contribution < 1.29 is 4.79 Å². The molecule has 0 aliphatic heterocycles. The number of benzene rings is 1. The Morgan fingerprint density at radius 2 is 1.84 bits per heavy atom. The molecule has 3 rings (SSSR count). The van der Waals surface area contributed by atoms with Crippen LogP contribution in [-0.4, -0.2) is 40.6 Å². The number of carbonyl (C=O) groups excluding carboxylic acids is 1. The van der Waals surface area contributed by atoms with Crippen molar-refractivity contribution >= 4 is 11.6 Å². The van der Waals surface area contributed by atoms with Crippen LogP contribution >= 0.6 is 0 Å². The van der Waals surface area contributed by atoms with E-state index in [0.29, 0.717) is 12.2 Å². The molecule has 6 heteroatoms. The first-order valence-electron chi connectivity index (χ1n) is 10.0. The lowest BCUT2D eigenvalue weighted by Gasteiger charge is -2.17. The maximum Gasteiger partial charge on any atom is 0.267 e. The SMILES string of the molecule is Cc1cc(-c2ncc(CNC(=O)/C(=C/C(=N)c3ccccc3)N(C)C)cc2C)ccn1. The van der Waals surface area contributed by atoms with E-state index in [4.69, 9.17) is 5.41 Å². The largest absolute Gasteiger partial charge is 0.373 e. The van der Waals surface area contributed by atoms with Crippen molar-refractivity contribution in [2.45, 2.75) is 20.4 Å². The lowest BCUT2D eigenvalue weighted by Crippen LogP contribution is -2.31. The van der Waals surface area contributed by atoms with Gasteiger partial charge in [0.2, 0.25) is 0 Å². The highest BCUT2D eigenvalue weighted by atomic mass is 16.2. The number of pyridine rings is 2. The third-order valence-electron chi connectivity index (χ3n) is 4.84. The number of carbonyl (C=O) groups is 1. The Labute approximate surface area is 183 Å². The van der Waals surface area contributed by atoms with Gasteiger partial charge in [-0.3, -0.25) is 14.8 Å². The van der Waals surface area contributed by atoms with Gasteiger partial charge in [0.25, 0.3) is 5.91 Å². The first-order chi connectivity index (χ1) is 14.8. The van der Waals surface area contributed by atoms with Crippen LogP contribution in [0.15, 0.2) is 72.7 Å². The van der Waals surface area contributed by atoms with Crippen LogP contribution in [0.4, 0.5) is 0 Å². The summed E-state index contributed by atoms with van der Waals surface area (Å²) in [6.45, 7) is 4.32. The molecule has 31 heavy (non-hydrogen) atoms. The number of amides is 1. The van der Waals surface area contributed by atoms with Gasteiger partial charge in [-0.2, -0.15) is 0 Å². The molecule has 1 amide bonds. The average Bonchev–Trinajstić information content (AvgIpc) is 2.76. The van der Waals surface area contributed by atoms with Crippen molar-refractivity contribution in [1.29, 1.82) is 5.41 Å². The first kappa shape index (κ1) is 21.9. The van der Waals surface area contributed by atoms with Gasteiger partial charge in [-0.15, -0.1) is 0 Å². The third-order valence-corrected chi connectivity index (χ3v) is 4.84. The third kappa shape index (κ3) is 5.63. The second kappa shape index (κ2) is 9.80. The Morgan fingerprint density at radius 1 is 1.10 bits per heavy atom. The predicted molar refractivity (Wildman–Crippen MR) is 124 cm³/mol. The molecule has 2 N–H and O–H groups in total. The lowest BCUT2D eigenvalue weighted by atomic mass is 10.1. The van der Waals surface area contributed by atoms with Crippen LogP contribution in [0.1, 0.15) is 22.4 Å². The van der Waals surface area contributed by atoms with Crippen LogP contribution < -0.4 is 5.32 Å². The molecule has 0 aliphatic rings. The van der Waals surface area contributed by atoms with Crippen molar-refractivity contribution in [1.82, 2.24) is 20.2 Å². The highest BCUT2D eigenvalue weighted by Gasteiger charge is 2.14. The number of nitrogens with zero attached hydrogens (tertiary/aromatic N) is 3. The minimum absolute atomic E-state index is 0.239. The Morgan fingerprint density at radius 3 is 2.48 bits per heavy atom. The molecule has 0 radical (unpaired) electrons. The summed E-state index contributed by atoms with van der Waals surface area (Å²) < 4.78 is 0. The van der Waals surface area contributed by atoms with E-state index in [1.807, 2.05) is 62.4 Å². The smallest absolute Gasteiger partial charge is 0.267 e. The standard InChI is InChI=1S/C25H27N5O/c1-17-12-19(15-28-24(17)21-10-11-27-18(2)13-21)16-29-25(31)23(30(3)4)14-22(26)20-8-6-5-7-9-20/h5-15,26H,16H2,1-4H3,(H,29,31)/b23-14-,26-22?. The van der Waals surface area contributed by atoms with Gasteiger partial charge in [-0.25, -0.2) is 0 Å². The molecule has 0 fully saturated rings. The van der Waals surface area contributed by atoms with Crippen molar-refractivity contribution in [3.63, 3.8) is 0 Å². The normalized spacial score (nSPS) is 11.2. The molecule has 6 nitrogen and oxygen atoms in total. The molecule has 2 aromatic heterocycles. The van der Waals surface area contributed by atoms with Gasteiger partial charge in [0.15, 0.2) is 0 Å². The van der Waals surface area contributed by atoms with Crippen molar-refractivity contribution in [3.8, 4) is 11.3 Å². The number of hydrogen-bond acceptors (Lipinski definition) is 5. The van der Waals surface area contributed by atoms with Gasteiger partial charge in [0.05, 0.1) is 11.4 Å². The fraction of sp³-hybridized carbons (Fsp3) is 0.200. The summed E-state index contributed by atoms with van der Waals surface area (Å²) >= 11 is 0. The molecule has 0 unspecified atom stereocenters. The van der Waals surface area contributed by atoms with E-state index < -0.39 is 0 Å². The molecule has 0 spiro atoms. The topological polar surface area (TPSA) is 82.0 Å². The molecule has 158 valence electrons. The van der Waals surface area contributed by atoms with Crippen molar-refractivity contribution in [2.24, 2.45) is 0 Å². The van der Waals surface area contributed by atoms with Crippen molar-refractivity contribution in [3.05, 3.63) is 95.1 Å². The van der Waals surface area contributed by atoms with Gasteiger partial charge in [0.1, 0.15) is 5.70 Å². The number of aromatic nitrogens is 2. The van der Waals surface area contributed by atoms with Gasteiger partial charge < -0.3 is 15.6 Å². The Balaban J connectivity index is 1.72. The molecular weight excluding hydrogens is 386 g/mol. The van der Waals surface area contributed by atoms with Crippen LogP contribution in [0, 0.1) is 19.3 Å². The molecule has 0 bridgehead atoms. The Bertz CT molecular complexity index is 1120. The van der Waals surface area contributed by atoms with Crippen LogP contribution in [0.2, 0.25) is 0 Å². The van der Waals surface area contributed by atoms with E-state index in [-0.39, 0.29) is 11.6 Å². The highest BCUT2D eigenvalue weighted by Crippen LogP contribution is 2.21. The van der Waals surface area contributed by atoms with E-state index in [1.165, 1.54) is 0 Å². The molecule has 3 aromatic rings. The number of hydrogen-bond donors (Lipinski definition) is 2. The number of aryl methyl sites for hydroxylation is 2. The first-order valence-corrected chi connectivity index (χ1v) is 10.0. The summed E-state index contributed by atoms with van der Waals surface area (Å²) in [6, 6.07) is 15.3. The van der Waals surface area contributed by atoms with Crippen LogP contribution in [-0.2, 0) is 11.3 Å². The minimum Gasteiger partial charge on any atom is -0.373 e. The fourth-order valence-corrected chi connectivity index (χ4v) is 3.23. The minimum atomic E-state index is -0.239. The molecule has 2 heterocycles. The summed E-state index contributed by atoms with van der Waals surface area (Å²) in [5.41, 5.74) is 6.29. The number of allylic oxidation sites excluding steroid dienone is 1. The quantitative estimate of drug-likeness (QED) is 0.455. The molecule has 0 aliphatic carbocycles. The number of rotatable bonds is 7. The van der Waals surface area contributed by atoms with Crippen LogP contribution in [0.5, 0.6) is 0 Å². The van der Waals surface area contributed by atoms with E-state index in [9.17, 15) is 4.79 Å². The summed E-state index contributed by atoms with van der Waals surface area (Å²) in [7, 11) is 3.59. The zero-order valence-electron chi connectivity index (χ0n) is 18.3. The predicted octanol–water partition coefficient (Wildman–Crippen LogP) is 3.89. The Kier molecular flexibility index (Phi) is 6.92. The Hall–Kier alpha value is -3.80. The second-order valence-electron chi connectivity index (χ2n) is 7.58. The van der Waals surface area contributed by atoms with Gasteiger partial charge in [-0.05, 0) is 48.7 Å². The molecule has 0 saturated carbocycles. The van der Waals surface area contributed by atoms with Crippen LogP contribution in [0.25, 0.3) is 11.3 Å². The highest BCUT2D eigenvalue weighted by molar-refractivity contribution is 6.10. The van der Waals surface area contributed by atoms with Crippen LogP contribution in [0.3, 0.4) is 0 Å². The number of nitrogens with one attached hydrogen (secondary N) is 2. The molecule has 0 saturated heterocycles. The van der Waals surface area contributed by atoms with E-state index in [1.54, 1.807) is 37.5 Å². The fourth-order valence-electron chi connectivity index (χ4n) is 3.23. The maximum atomic E-state index is 12.8. The zero-order valence-corrected chi connectivity index (χ0v) is 18.3. The summed E-state index contributed by atoms with van der Waals surface area (Å²) in [5.74, 6) is -0.239. The van der Waals surface area contributed by atoms with E-state index >= 15 is 0 Å². The average molecular weight is 414 g/mol. The second-order valence-corrected chi connectivity index (χ2v) is 7.58. The molecule has 1 aromatic carbocycles. The monoisotopic (exact) mass is 413 g/mol. The van der Waals surface area contributed by atoms with Crippen molar-refractivity contribution in [2.75, 3.05) is 14.1 Å². The maximum absolute atomic E-state index is 12.8. The van der Waals surface area contributed by atoms with Gasteiger partial charge in [-0.1, -0.05) is 36.4 Å². The lowest BCUT2D eigenvalue weighted by molar-refractivity contribution is -0.118. The summed E-state index contributed by atoms with van der Waals surface area (Å²) in [4.78, 5) is 23.3. The number of likely N-dealkylation sites (N-methyl/N-ethyl adjacent to an activating group) is 1. The van der Waals surface area contributed by atoms with E-state index in [0.717, 1.165) is 33.6 Å². The van der Waals surface area contributed by atoms with E-state index in [2.05, 4.69) is 15.3 Å². The zero-order chi connectivity index (χ0) is 22.4. The summed E-state index contributed by atoms with van der Waals surface area (Å²) in [6.07, 6.45) is 5.15. The van der Waals surface area contributed by atoms with Gasteiger partial charge in [0, 0.05) is 44.3 Å². The molecular formula is C25H27N5O.